The van der Waals surface area contributed by atoms with E-state index in [0.29, 0.717) is 23.7 Å². The van der Waals surface area contributed by atoms with Gasteiger partial charge in [0, 0.05) is 35.0 Å². The summed E-state index contributed by atoms with van der Waals surface area (Å²) >= 11 is 9.38. The van der Waals surface area contributed by atoms with E-state index >= 15 is 0 Å². The molecular weight excluding hydrogens is 548 g/mol. The molecule has 5 heterocycles. The Balaban J connectivity index is 1.58. The molecule has 9 nitrogen and oxygen atoms in total. The quantitative estimate of drug-likeness (QED) is 0.317. The highest BCUT2D eigenvalue weighted by molar-refractivity contribution is 9.10. The molecule has 5 rings (SSSR count). The number of hydrogen-bond acceptors (Lipinski definition) is 7. The SMILES string of the molecule is Cc1cc([C@@H](C)Nc2ccc(Cl)nc2C(=O)O)c2nc(N3Cc4cc(Br)cnc4C3C)cc(=O)n2c1. The summed E-state index contributed by atoms with van der Waals surface area (Å²) in [4.78, 5) is 40.4. The molecule has 0 saturated heterocycles. The van der Waals surface area contributed by atoms with Gasteiger partial charge in [0.2, 0.25) is 0 Å². The first-order valence-electron chi connectivity index (χ1n) is 11.2. The molecule has 2 N–H and O–H groups in total. The second-order valence-electron chi connectivity index (χ2n) is 8.82. The van der Waals surface area contributed by atoms with Crippen LogP contribution in [0.1, 0.15) is 58.8 Å². The molecule has 0 saturated carbocycles. The normalized spacial score (nSPS) is 15.7. The molecule has 2 atom stereocenters. The molecule has 1 aliphatic rings. The van der Waals surface area contributed by atoms with Gasteiger partial charge in [0.15, 0.2) is 5.69 Å². The highest BCUT2D eigenvalue weighted by Crippen LogP contribution is 2.36. The van der Waals surface area contributed by atoms with Crippen molar-refractivity contribution in [1.29, 1.82) is 0 Å². The van der Waals surface area contributed by atoms with E-state index < -0.39 is 12.0 Å². The second kappa shape index (κ2) is 9.18. The average molecular weight is 570 g/mol. The second-order valence-corrected chi connectivity index (χ2v) is 10.1. The van der Waals surface area contributed by atoms with Gasteiger partial charge in [-0.2, -0.15) is 0 Å². The van der Waals surface area contributed by atoms with E-state index in [1.54, 1.807) is 18.5 Å². The summed E-state index contributed by atoms with van der Waals surface area (Å²) in [7, 11) is 0. The van der Waals surface area contributed by atoms with E-state index in [0.717, 1.165) is 26.9 Å². The van der Waals surface area contributed by atoms with Crippen molar-refractivity contribution in [2.45, 2.75) is 39.4 Å². The van der Waals surface area contributed by atoms with Crippen molar-refractivity contribution >= 4 is 50.7 Å². The number of aryl methyl sites for hydroxylation is 1. The van der Waals surface area contributed by atoms with Crippen LogP contribution in [0.15, 0.2) is 52.0 Å². The Labute approximate surface area is 219 Å². The largest absolute Gasteiger partial charge is 0.476 e. The van der Waals surface area contributed by atoms with Crippen molar-refractivity contribution in [3.63, 3.8) is 0 Å². The minimum Gasteiger partial charge on any atom is -0.476 e. The van der Waals surface area contributed by atoms with Crippen LogP contribution in [0, 0.1) is 6.92 Å². The maximum Gasteiger partial charge on any atom is 0.356 e. The van der Waals surface area contributed by atoms with E-state index in [1.165, 1.54) is 16.5 Å². The summed E-state index contributed by atoms with van der Waals surface area (Å²) in [5, 5.41) is 12.9. The third-order valence-corrected chi connectivity index (χ3v) is 6.93. The number of anilines is 2. The standard InChI is InChI=1S/C25H22BrClN6O3/c1-12-6-17(13(2)29-18-4-5-19(27)30-23(18)25(35)36)24-31-20(8-21(34)33(24)10-12)32-11-15-7-16(26)9-28-22(15)14(32)3/h4-10,13-14,29H,11H2,1-3H3,(H,35,36)/t13-,14?/m1/s1. The van der Waals surface area contributed by atoms with E-state index in [-0.39, 0.29) is 22.4 Å². The Hall–Kier alpha value is -3.50. The van der Waals surface area contributed by atoms with Crippen molar-refractivity contribution < 1.29 is 9.90 Å². The Kier molecular flexibility index (Phi) is 6.17. The smallest absolute Gasteiger partial charge is 0.356 e. The van der Waals surface area contributed by atoms with Crippen LogP contribution in [-0.2, 0) is 6.54 Å². The summed E-state index contributed by atoms with van der Waals surface area (Å²) in [5.74, 6) is -0.640. The fourth-order valence-electron chi connectivity index (χ4n) is 4.59. The molecule has 0 spiro atoms. The molecule has 4 aromatic heterocycles. The molecule has 0 aromatic carbocycles. The molecule has 36 heavy (non-hydrogen) atoms. The summed E-state index contributed by atoms with van der Waals surface area (Å²) in [6.07, 6.45) is 3.52. The first-order valence-corrected chi connectivity index (χ1v) is 12.4. The minimum atomic E-state index is -1.19. The number of fused-ring (bicyclic) bond motifs is 2. The number of rotatable bonds is 5. The van der Waals surface area contributed by atoms with Crippen molar-refractivity contribution in [2.24, 2.45) is 0 Å². The molecule has 184 valence electrons. The topological polar surface area (TPSA) is 113 Å². The van der Waals surface area contributed by atoms with Gasteiger partial charge in [-0.25, -0.2) is 14.8 Å². The van der Waals surface area contributed by atoms with Gasteiger partial charge < -0.3 is 15.3 Å². The molecule has 0 fully saturated rings. The zero-order valence-electron chi connectivity index (χ0n) is 19.7. The van der Waals surface area contributed by atoms with Gasteiger partial charge in [0.05, 0.1) is 23.5 Å². The number of carboxylic acid groups (broad SMARTS) is 1. The zero-order chi connectivity index (χ0) is 25.7. The molecule has 0 bridgehead atoms. The molecule has 0 aliphatic carbocycles. The highest BCUT2D eigenvalue weighted by Gasteiger charge is 2.30. The van der Waals surface area contributed by atoms with Gasteiger partial charge in [-0.1, -0.05) is 11.6 Å². The van der Waals surface area contributed by atoms with E-state index in [4.69, 9.17) is 16.6 Å². The van der Waals surface area contributed by atoms with Crippen molar-refractivity contribution in [2.75, 3.05) is 10.2 Å². The van der Waals surface area contributed by atoms with Gasteiger partial charge in [0.25, 0.3) is 5.56 Å². The Morgan fingerprint density at radius 3 is 2.81 bits per heavy atom. The average Bonchev–Trinajstić information content (AvgIpc) is 3.15. The summed E-state index contributed by atoms with van der Waals surface area (Å²) in [6, 6.07) is 8.17. The molecule has 11 heteroatoms. The van der Waals surface area contributed by atoms with Gasteiger partial charge in [-0.05, 0) is 72.1 Å². The first-order chi connectivity index (χ1) is 17.1. The highest BCUT2D eigenvalue weighted by atomic mass is 79.9. The van der Waals surface area contributed by atoms with E-state index in [2.05, 4.69) is 36.1 Å². The molecule has 0 radical (unpaired) electrons. The van der Waals surface area contributed by atoms with Crippen molar-refractivity contribution in [3.05, 3.63) is 90.8 Å². The van der Waals surface area contributed by atoms with E-state index in [9.17, 15) is 14.7 Å². The number of carbonyl (C=O) groups is 1. The van der Waals surface area contributed by atoms with Crippen LogP contribution >= 0.6 is 27.5 Å². The number of nitrogens with one attached hydrogen (secondary N) is 1. The lowest BCUT2D eigenvalue weighted by Gasteiger charge is -2.24. The van der Waals surface area contributed by atoms with Gasteiger partial charge in [-0.15, -0.1) is 0 Å². The molecule has 1 aliphatic heterocycles. The predicted molar refractivity (Wildman–Crippen MR) is 141 cm³/mol. The van der Waals surface area contributed by atoms with Gasteiger partial charge in [-0.3, -0.25) is 14.2 Å². The summed E-state index contributed by atoms with van der Waals surface area (Å²) in [6.45, 7) is 6.39. The van der Waals surface area contributed by atoms with Gasteiger partial charge in [0.1, 0.15) is 16.6 Å². The monoisotopic (exact) mass is 568 g/mol. The third kappa shape index (κ3) is 4.31. The number of nitrogens with zero attached hydrogens (tertiary/aromatic N) is 5. The maximum absolute atomic E-state index is 13.2. The number of aromatic carboxylic acids is 1. The minimum absolute atomic E-state index is 0.0508. The summed E-state index contributed by atoms with van der Waals surface area (Å²) < 4.78 is 2.42. The van der Waals surface area contributed by atoms with Crippen LogP contribution in [-0.4, -0.2) is 30.4 Å². The molecular formula is C25H22BrClN6O3. The Morgan fingerprint density at radius 2 is 2.06 bits per heavy atom. The molecule has 1 unspecified atom stereocenters. The van der Waals surface area contributed by atoms with Gasteiger partial charge >= 0.3 is 5.97 Å². The summed E-state index contributed by atoms with van der Waals surface area (Å²) in [5.41, 5.74) is 4.06. The fraction of sp³-hybridized carbons (Fsp3) is 0.240. The fourth-order valence-corrected chi connectivity index (χ4v) is 5.12. The number of pyridine rings is 3. The van der Waals surface area contributed by atoms with Crippen LogP contribution in [0.4, 0.5) is 11.5 Å². The van der Waals surface area contributed by atoms with Crippen LogP contribution in [0.2, 0.25) is 5.15 Å². The lowest BCUT2D eigenvalue weighted by atomic mass is 10.1. The maximum atomic E-state index is 13.2. The molecule has 0 amide bonds. The Bertz CT molecular complexity index is 1590. The molecule has 4 aromatic rings. The lowest BCUT2D eigenvalue weighted by molar-refractivity contribution is 0.0691. The first kappa shape index (κ1) is 24.2. The number of carboxylic acids is 1. The van der Waals surface area contributed by atoms with E-state index in [1.807, 2.05) is 32.9 Å². The van der Waals surface area contributed by atoms with Crippen LogP contribution in [0.5, 0.6) is 0 Å². The number of aromatic nitrogens is 4. The Morgan fingerprint density at radius 1 is 1.28 bits per heavy atom. The number of hydrogen-bond donors (Lipinski definition) is 2. The number of halogens is 2. The lowest BCUT2D eigenvalue weighted by Crippen LogP contribution is -2.25. The van der Waals surface area contributed by atoms with Crippen LogP contribution in [0.3, 0.4) is 0 Å². The van der Waals surface area contributed by atoms with Crippen LogP contribution in [0.25, 0.3) is 5.65 Å². The van der Waals surface area contributed by atoms with Crippen molar-refractivity contribution in [1.82, 2.24) is 19.4 Å². The third-order valence-electron chi connectivity index (χ3n) is 6.28. The van der Waals surface area contributed by atoms with Crippen molar-refractivity contribution in [3.8, 4) is 0 Å². The van der Waals surface area contributed by atoms with Crippen LogP contribution < -0.4 is 15.8 Å². The predicted octanol–water partition coefficient (Wildman–Crippen LogP) is 5.16. The zero-order valence-corrected chi connectivity index (χ0v) is 22.0.